The number of nitrogens with one attached hydrogen (secondary N) is 1. The molecule has 0 amide bonds. The minimum atomic E-state index is -0.0753. The lowest BCUT2D eigenvalue weighted by atomic mass is 10.2. The zero-order chi connectivity index (χ0) is 12.0. The number of amidine groups is 1. The van der Waals surface area contributed by atoms with E-state index in [1.165, 1.54) is 0 Å². The van der Waals surface area contributed by atoms with Crippen LogP contribution in [0.1, 0.15) is 19.0 Å². The molecule has 0 aliphatic heterocycles. The van der Waals surface area contributed by atoms with Crippen LogP contribution < -0.4 is 11.1 Å². The SMILES string of the molecule is CCC(NCCc1ccn(C)n1)/C(N)=N/O. The molecule has 0 spiro atoms. The Morgan fingerprint density at radius 2 is 2.50 bits per heavy atom. The Kier molecular flexibility index (Phi) is 4.78. The fraction of sp³-hybridized carbons (Fsp3) is 0.600. The molecule has 1 unspecified atom stereocenters. The maximum Gasteiger partial charge on any atom is 0.156 e. The van der Waals surface area contributed by atoms with Gasteiger partial charge < -0.3 is 16.3 Å². The first kappa shape index (κ1) is 12.5. The summed E-state index contributed by atoms with van der Waals surface area (Å²) < 4.78 is 1.77. The Hall–Kier alpha value is -1.56. The molecular formula is C10H19N5O. The Balaban J connectivity index is 2.34. The first-order chi connectivity index (χ1) is 7.67. The fourth-order valence-electron chi connectivity index (χ4n) is 1.50. The van der Waals surface area contributed by atoms with Gasteiger partial charge in [0.15, 0.2) is 5.84 Å². The average molecular weight is 225 g/mol. The first-order valence-corrected chi connectivity index (χ1v) is 5.36. The normalized spacial score (nSPS) is 14.0. The molecule has 90 valence electrons. The van der Waals surface area contributed by atoms with E-state index < -0.39 is 0 Å². The highest BCUT2D eigenvalue weighted by Crippen LogP contribution is 1.96. The number of hydrogen-bond acceptors (Lipinski definition) is 4. The zero-order valence-electron chi connectivity index (χ0n) is 9.72. The van der Waals surface area contributed by atoms with Crippen molar-refractivity contribution in [3.8, 4) is 0 Å². The van der Waals surface area contributed by atoms with E-state index in [0.717, 1.165) is 25.1 Å². The first-order valence-electron chi connectivity index (χ1n) is 5.36. The summed E-state index contributed by atoms with van der Waals surface area (Å²) in [5.74, 6) is 0.225. The van der Waals surface area contributed by atoms with Crippen LogP contribution in [-0.2, 0) is 13.5 Å². The maximum absolute atomic E-state index is 8.56. The molecule has 0 saturated carbocycles. The Labute approximate surface area is 95.1 Å². The quantitative estimate of drug-likeness (QED) is 0.277. The molecule has 1 heterocycles. The molecular weight excluding hydrogens is 206 g/mol. The second-order valence-electron chi connectivity index (χ2n) is 3.67. The minimum Gasteiger partial charge on any atom is -0.409 e. The second kappa shape index (κ2) is 6.12. The average Bonchev–Trinajstić information content (AvgIpc) is 2.69. The van der Waals surface area contributed by atoms with Crippen LogP contribution in [-0.4, -0.2) is 33.4 Å². The molecule has 6 heteroatoms. The van der Waals surface area contributed by atoms with E-state index in [2.05, 4.69) is 15.6 Å². The third kappa shape index (κ3) is 3.54. The van der Waals surface area contributed by atoms with Gasteiger partial charge in [-0.05, 0) is 12.5 Å². The van der Waals surface area contributed by atoms with Gasteiger partial charge in [-0.25, -0.2) is 0 Å². The molecule has 1 aromatic heterocycles. The number of hydrogen-bond donors (Lipinski definition) is 3. The molecule has 0 fully saturated rings. The Morgan fingerprint density at radius 1 is 1.75 bits per heavy atom. The van der Waals surface area contributed by atoms with E-state index >= 15 is 0 Å². The predicted octanol–water partition coefficient (Wildman–Crippen LogP) is 0.0772. The van der Waals surface area contributed by atoms with Crippen molar-refractivity contribution in [3.05, 3.63) is 18.0 Å². The van der Waals surface area contributed by atoms with Gasteiger partial charge in [0.25, 0.3) is 0 Å². The summed E-state index contributed by atoms with van der Waals surface area (Å²) in [5, 5.41) is 19.0. The van der Waals surface area contributed by atoms with Crippen LogP contribution in [0, 0.1) is 0 Å². The Bertz CT molecular complexity index is 347. The Morgan fingerprint density at radius 3 is 3.00 bits per heavy atom. The van der Waals surface area contributed by atoms with Crippen molar-refractivity contribution in [2.45, 2.75) is 25.8 Å². The standard InChI is InChI=1S/C10H19N5O/c1-3-9(10(11)14-16)12-6-4-8-5-7-15(2)13-8/h5,7,9,12,16H,3-4,6H2,1-2H3,(H2,11,14). The smallest absolute Gasteiger partial charge is 0.156 e. The molecule has 0 aliphatic carbocycles. The molecule has 0 aromatic carbocycles. The zero-order valence-corrected chi connectivity index (χ0v) is 9.72. The van der Waals surface area contributed by atoms with E-state index in [1.807, 2.05) is 26.2 Å². The van der Waals surface area contributed by atoms with Crippen molar-refractivity contribution in [1.82, 2.24) is 15.1 Å². The third-order valence-corrected chi connectivity index (χ3v) is 2.42. The molecule has 1 aromatic rings. The number of rotatable bonds is 6. The van der Waals surface area contributed by atoms with Gasteiger partial charge in [-0.3, -0.25) is 4.68 Å². The number of oxime groups is 1. The lowest BCUT2D eigenvalue weighted by Gasteiger charge is -2.14. The number of nitrogens with two attached hydrogens (primary N) is 1. The van der Waals surface area contributed by atoms with E-state index in [1.54, 1.807) is 4.68 Å². The largest absolute Gasteiger partial charge is 0.409 e. The van der Waals surface area contributed by atoms with Gasteiger partial charge in [-0.2, -0.15) is 5.10 Å². The summed E-state index contributed by atoms with van der Waals surface area (Å²) in [6, 6.07) is 1.90. The van der Waals surface area contributed by atoms with Crippen LogP contribution in [0.5, 0.6) is 0 Å². The molecule has 16 heavy (non-hydrogen) atoms. The summed E-state index contributed by atoms with van der Waals surface area (Å²) in [5.41, 5.74) is 6.56. The van der Waals surface area contributed by atoms with E-state index in [-0.39, 0.29) is 11.9 Å². The minimum absolute atomic E-state index is 0.0753. The van der Waals surface area contributed by atoms with Crippen LogP contribution in [0.15, 0.2) is 17.4 Å². The summed E-state index contributed by atoms with van der Waals surface area (Å²) >= 11 is 0. The van der Waals surface area contributed by atoms with Gasteiger partial charge in [0.2, 0.25) is 0 Å². The van der Waals surface area contributed by atoms with Crippen molar-refractivity contribution in [2.75, 3.05) is 6.54 Å². The van der Waals surface area contributed by atoms with Gasteiger partial charge in [0, 0.05) is 26.2 Å². The fourth-order valence-corrected chi connectivity index (χ4v) is 1.50. The second-order valence-corrected chi connectivity index (χ2v) is 3.67. The van der Waals surface area contributed by atoms with Crippen molar-refractivity contribution in [2.24, 2.45) is 17.9 Å². The topological polar surface area (TPSA) is 88.5 Å². The van der Waals surface area contributed by atoms with Crippen LogP contribution >= 0.6 is 0 Å². The number of nitrogens with zero attached hydrogens (tertiary/aromatic N) is 3. The maximum atomic E-state index is 8.56. The molecule has 1 atom stereocenters. The highest BCUT2D eigenvalue weighted by molar-refractivity contribution is 5.85. The van der Waals surface area contributed by atoms with Gasteiger partial charge in [0.05, 0.1) is 11.7 Å². The molecule has 6 nitrogen and oxygen atoms in total. The number of aromatic nitrogens is 2. The molecule has 0 bridgehead atoms. The highest BCUT2D eigenvalue weighted by Gasteiger charge is 2.10. The van der Waals surface area contributed by atoms with Crippen LogP contribution in [0.2, 0.25) is 0 Å². The van der Waals surface area contributed by atoms with Crippen molar-refractivity contribution in [1.29, 1.82) is 0 Å². The van der Waals surface area contributed by atoms with Crippen LogP contribution in [0.25, 0.3) is 0 Å². The number of aryl methyl sites for hydroxylation is 1. The predicted molar refractivity (Wildman–Crippen MR) is 62.4 cm³/mol. The van der Waals surface area contributed by atoms with Gasteiger partial charge >= 0.3 is 0 Å². The van der Waals surface area contributed by atoms with Crippen molar-refractivity contribution in [3.63, 3.8) is 0 Å². The summed E-state index contributed by atoms with van der Waals surface area (Å²) in [6.45, 7) is 2.74. The lowest BCUT2D eigenvalue weighted by molar-refractivity contribution is 0.314. The molecule has 1 rings (SSSR count). The highest BCUT2D eigenvalue weighted by atomic mass is 16.4. The molecule has 0 radical (unpaired) electrons. The van der Waals surface area contributed by atoms with E-state index in [9.17, 15) is 0 Å². The van der Waals surface area contributed by atoms with Crippen molar-refractivity contribution < 1.29 is 5.21 Å². The summed E-state index contributed by atoms with van der Waals surface area (Å²) in [4.78, 5) is 0. The molecule has 4 N–H and O–H groups in total. The van der Waals surface area contributed by atoms with E-state index in [0.29, 0.717) is 0 Å². The molecule has 0 saturated heterocycles. The van der Waals surface area contributed by atoms with Crippen LogP contribution in [0.3, 0.4) is 0 Å². The lowest BCUT2D eigenvalue weighted by Crippen LogP contribution is -2.41. The van der Waals surface area contributed by atoms with Crippen molar-refractivity contribution >= 4 is 5.84 Å². The van der Waals surface area contributed by atoms with Gasteiger partial charge in [-0.15, -0.1) is 0 Å². The van der Waals surface area contributed by atoms with Gasteiger partial charge in [0.1, 0.15) is 0 Å². The van der Waals surface area contributed by atoms with E-state index in [4.69, 9.17) is 10.9 Å². The summed E-state index contributed by atoms with van der Waals surface area (Å²) in [6.07, 6.45) is 3.53. The summed E-state index contributed by atoms with van der Waals surface area (Å²) in [7, 11) is 1.89. The van der Waals surface area contributed by atoms with Gasteiger partial charge in [-0.1, -0.05) is 12.1 Å². The molecule has 0 aliphatic rings. The third-order valence-electron chi connectivity index (χ3n) is 2.42. The monoisotopic (exact) mass is 225 g/mol. The van der Waals surface area contributed by atoms with Crippen LogP contribution in [0.4, 0.5) is 0 Å².